The number of amides is 4. The van der Waals surface area contributed by atoms with Gasteiger partial charge in [-0.1, -0.05) is 37.1 Å². The monoisotopic (exact) mass is 731 g/mol. The largest absolute Gasteiger partial charge is 0.444 e. The van der Waals surface area contributed by atoms with E-state index in [-0.39, 0.29) is 56.1 Å². The molecular formula is C40H50FN5O7. The van der Waals surface area contributed by atoms with Crippen LogP contribution in [-0.2, 0) is 36.9 Å². The second-order valence-corrected chi connectivity index (χ2v) is 15.8. The van der Waals surface area contributed by atoms with Crippen molar-refractivity contribution in [2.45, 2.75) is 122 Å². The summed E-state index contributed by atoms with van der Waals surface area (Å²) in [5.41, 5.74) is 0.202. The number of rotatable bonds is 5. The van der Waals surface area contributed by atoms with Crippen molar-refractivity contribution in [1.82, 2.24) is 25.4 Å². The van der Waals surface area contributed by atoms with E-state index in [4.69, 9.17) is 9.47 Å². The van der Waals surface area contributed by atoms with Gasteiger partial charge in [0.2, 0.25) is 11.8 Å². The quantitative estimate of drug-likeness (QED) is 0.362. The summed E-state index contributed by atoms with van der Waals surface area (Å²) in [6.07, 6.45) is 8.94. The number of fused-ring (bicyclic) bond motifs is 3. The summed E-state index contributed by atoms with van der Waals surface area (Å²) in [7, 11) is 0. The van der Waals surface area contributed by atoms with Crippen molar-refractivity contribution in [3.63, 3.8) is 0 Å². The number of pyridine rings is 1. The first-order valence-corrected chi connectivity index (χ1v) is 18.7. The molecule has 6 rings (SSSR count). The normalized spacial score (nSPS) is 27.3. The maximum atomic E-state index is 14.5. The van der Waals surface area contributed by atoms with Gasteiger partial charge < -0.3 is 25.0 Å². The van der Waals surface area contributed by atoms with Crippen LogP contribution in [0.4, 0.5) is 14.0 Å². The van der Waals surface area contributed by atoms with Crippen LogP contribution < -0.4 is 10.6 Å². The maximum absolute atomic E-state index is 14.5. The summed E-state index contributed by atoms with van der Waals surface area (Å²) in [5, 5.41) is 5.85. The van der Waals surface area contributed by atoms with E-state index in [1.807, 2.05) is 25.1 Å². The fraction of sp³-hybridized carbons (Fsp3) is 0.550. The third kappa shape index (κ3) is 8.88. The molecule has 1 aliphatic carbocycles. The first-order chi connectivity index (χ1) is 25.2. The second-order valence-electron chi connectivity index (χ2n) is 15.8. The molecule has 13 heteroatoms. The molecule has 6 atom stereocenters. The highest BCUT2D eigenvalue weighted by Crippen LogP contribution is 2.57. The highest BCUT2D eigenvalue weighted by Gasteiger charge is 2.60. The van der Waals surface area contributed by atoms with Gasteiger partial charge in [0.15, 0.2) is 5.78 Å². The first kappa shape index (κ1) is 37.9. The van der Waals surface area contributed by atoms with Gasteiger partial charge >= 0.3 is 12.2 Å². The number of allylic oxidation sites excluding steroid dienone is 2. The summed E-state index contributed by atoms with van der Waals surface area (Å²) in [5.74, 6) is -1.59. The zero-order valence-corrected chi connectivity index (χ0v) is 30.9. The van der Waals surface area contributed by atoms with Crippen LogP contribution in [-0.4, -0.2) is 74.9 Å². The molecule has 284 valence electrons. The van der Waals surface area contributed by atoms with E-state index in [0.717, 1.165) is 24.8 Å². The Morgan fingerprint density at radius 2 is 1.83 bits per heavy atom. The Bertz CT molecular complexity index is 1750. The van der Waals surface area contributed by atoms with Crippen molar-refractivity contribution in [3.8, 4) is 0 Å². The van der Waals surface area contributed by atoms with Crippen LogP contribution in [0, 0.1) is 17.2 Å². The third-order valence-corrected chi connectivity index (χ3v) is 10.7. The number of hydrogen-bond acceptors (Lipinski definition) is 8. The lowest BCUT2D eigenvalue weighted by molar-refractivity contribution is -0.141. The van der Waals surface area contributed by atoms with Crippen molar-refractivity contribution < 1.29 is 37.8 Å². The minimum absolute atomic E-state index is 0.0241. The highest BCUT2D eigenvalue weighted by atomic mass is 19.1. The van der Waals surface area contributed by atoms with Gasteiger partial charge in [0.25, 0.3) is 0 Å². The van der Waals surface area contributed by atoms with Gasteiger partial charge in [-0.3, -0.25) is 24.3 Å². The Kier molecular flexibility index (Phi) is 11.2. The summed E-state index contributed by atoms with van der Waals surface area (Å²) in [6, 6.07) is 6.05. The number of Topliss-reactive ketones (excluding diaryl/α,β-unsaturated/α-hetero) is 1. The van der Waals surface area contributed by atoms with Crippen LogP contribution in [0.5, 0.6) is 0 Å². The minimum Gasteiger partial charge on any atom is -0.444 e. The van der Waals surface area contributed by atoms with Crippen LogP contribution in [0.25, 0.3) is 0 Å². The Balaban J connectivity index is 1.25. The topological polar surface area (TPSA) is 147 Å². The molecule has 53 heavy (non-hydrogen) atoms. The van der Waals surface area contributed by atoms with Gasteiger partial charge in [0.05, 0.1) is 30.6 Å². The minimum atomic E-state index is -1.01. The molecule has 0 bridgehead atoms. The zero-order valence-electron chi connectivity index (χ0n) is 30.9. The fourth-order valence-electron chi connectivity index (χ4n) is 7.75. The Morgan fingerprint density at radius 3 is 2.57 bits per heavy atom. The molecule has 1 saturated carbocycles. The number of carbonyl (C=O) groups is 5. The van der Waals surface area contributed by atoms with Gasteiger partial charge in [0, 0.05) is 37.3 Å². The molecule has 3 aliphatic heterocycles. The number of carbonyl (C=O) groups excluding carboxylic acids is 5. The van der Waals surface area contributed by atoms with E-state index in [9.17, 15) is 28.4 Å². The Hall–Kier alpha value is -4.81. The molecular weight excluding hydrogens is 681 g/mol. The molecule has 1 aromatic carbocycles. The van der Waals surface area contributed by atoms with E-state index in [1.54, 1.807) is 45.3 Å². The number of ether oxygens (including phenoxy) is 2. The molecule has 1 unspecified atom stereocenters. The van der Waals surface area contributed by atoms with Crippen molar-refractivity contribution >= 4 is 29.8 Å². The molecule has 12 nitrogen and oxygen atoms in total. The number of ketones is 1. The molecule has 2 fully saturated rings. The van der Waals surface area contributed by atoms with E-state index >= 15 is 0 Å². The molecule has 2 N–H and O–H groups in total. The molecule has 4 aliphatic rings. The smallest absolute Gasteiger partial charge is 0.410 e. The molecule has 1 saturated heterocycles. The fourth-order valence-corrected chi connectivity index (χ4v) is 7.75. The number of nitrogens with zero attached hydrogens (tertiary/aromatic N) is 3. The number of benzene rings is 1. The SMILES string of the molecule is CC(NC(=O)[C@]12CC(=O)[C@@H]3C[C@@H](OC(=O)N4Cc5cccc(F)c5C4)CN3C(=O)[C@@H](NC(=O)OC(C)(C)C)CCCCC/C=C\[C@@H]1C2)c1ccncc1. The molecule has 1 aromatic heterocycles. The zero-order chi connectivity index (χ0) is 37.9. The number of halogens is 1. The Labute approximate surface area is 309 Å². The number of nitrogens with one attached hydrogen (secondary N) is 2. The van der Waals surface area contributed by atoms with Crippen LogP contribution in [0.2, 0.25) is 0 Å². The summed E-state index contributed by atoms with van der Waals surface area (Å²) < 4.78 is 25.9. The molecule has 4 amide bonds. The van der Waals surface area contributed by atoms with Crippen LogP contribution in [0.1, 0.15) is 102 Å². The maximum Gasteiger partial charge on any atom is 0.410 e. The van der Waals surface area contributed by atoms with E-state index in [2.05, 4.69) is 21.7 Å². The molecule has 0 radical (unpaired) electrons. The average Bonchev–Trinajstić information content (AvgIpc) is 3.40. The van der Waals surface area contributed by atoms with Crippen molar-refractivity contribution in [2.24, 2.45) is 11.3 Å². The highest BCUT2D eigenvalue weighted by molar-refractivity contribution is 5.97. The van der Waals surface area contributed by atoms with Gasteiger partial charge in [-0.25, -0.2) is 14.0 Å². The van der Waals surface area contributed by atoms with E-state index < -0.39 is 53.1 Å². The predicted octanol–water partition coefficient (Wildman–Crippen LogP) is 5.90. The van der Waals surface area contributed by atoms with E-state index in [1.165, 1.54) is 15.9 Å². The van der Waals surface area contributed by atoms with Crippen molar-refractivity contribution in [2.75, 3.05) is 6.54 Å². The molecule has 4 heterocycles. The third-order valence-electron chi connectivity index (χ3n) is 10.7. The predicted molar refractivity (Wildman–Crippen MR) is 192 cm³/mol. The Morgan fingerprint density at radius 1 is 1.06 bits per heavy atom. The number of hydrogen-bond donors (Lipinski definition) is 2. The summed E-state index contributed by atoms with van der Waals surface area (Å²) >= 11 is 0. The van der Waals surface area contributed by atoms with Crippen LogP contribution >= 0.6 is 0 Å². The lowest BCUT2D eigenvalue weighted by Crippen LogP contribution is -2.53. The van der Waals surface area contributed by atoms with E-state index in [0.29, 0.717) is 30.4 Å². The number of alkyl carbamates (subject to hydrolysis) is 1. The molecule has 2 aromatic rings. The van der Waals surface area contributed by atoms with Crippen molar-refractivity contribution in [1.29, 1.82) is 0 Å². The second kappa shape index (κ2) is 15.7. The lowest BCUT2D eigenvalue weighted by atomic mass is 9.90. The number of aromatic nitrogens is 1. The summed E-state index contributed by atoms with van der Waals surface area (Å²) in [4.78, 5) is 76.1. The standard InChI is InChI=1S/C40H50FN5O7/c1-25(26-15-17-42-18-16-26)43-36(49)40-20-28(40)12-8-6-5-7-9-14-32(44-37(50)53-39(2,3)4)35(48)46-23-29(19-33(46)34(47)21-40)52-38(51)45-22-27-11-10-13-31(41)30(27)24-45/h8,10-13,15-18,25,28-29,32-33H,5-7,9,14,19-24H2,1-4H3,(H,43,49)(H,44,50)/b12-8-/t25?,28-,29-,32+,33+,40-/m1/s1. The van der Waals surface area contributed by atoms with Crippen LogP contribution in [0.15, 0.2) is 54.9 Å². The lowest BCUT2D eigenvalue weighted by Gasteiger charge is -2.30. The average molecular weight is 732 g/mol. The summed E-state index contributed by atoms with van der Waals surface area (Å²) in [6.45, 7) is 7.22. The first-order valence-electron chi connectivity index (χ1n) is 18.7. The van der Waals surface area contributed by atoms with Gasteiger partial charge in [0.1, 0.15) is 23.6 Å². The molecule has 0 spiro atoms. The van der Waals surface area contributed by atoms with Crippen LogP contribution in [0.3, 0.4) is 0 Å². The van der Waals surface area contributed by atoms with Gasteiger partial charge in [-0.2, -0.15) is 0 Å². The van der Waals surface area contributed by atoms with Gasteiger partial charge in [-0.05, 0) is 88.6 Å². The van der Waals surface area contributed by atoms with Crippen molar-refractivity contribution in [3.05, 3.63) is 77.4 Å². The van der Waals surface area contributed by atoms with Gasteiger partial charge in [-0.15, -0.1) is 0 Å².